The number of rotatable bonds is 4. The lowest BCUT2D eigenvalue weighted by molar-refractivity contribution is -0.138. The van der Waals surface area contributed by atoms with Crippen molar-refractivity contribution in [2.24, 2.45) is 5.73 Å². The summed E-state index contributed by atoms with van der Waals surface area (Å²) in [7, 11) is 1.63. The number of hydrogen-bond donors (Lipinski definition) is 2. The van der Waals surface area contributed by atoms with Gasteiger partial charge in [0.25, 0.3) is 0 Å². The first-order chi connectivity index (χ1) is 8.60. The van der Waals surface area contributed by atoms with E-state index in [1.807, 2.05) is 36.4 Å². The zero-order valence-electron chi connectivity index (χ0n) is 10.1. The fourth-order valence-electron chi connectivity index (χ4n) is 1.87. The van der Waals surface area contributed by atoms with Gasteiger partial charge in [-0.05, 0) is 34.9 Å². The normalized spacial score (nSPS) is 12.3. The van der Waals surface area contributed by atoms with E-state index in [2.05, 4.69) is 0 Å². The van der Waals surface area contributed by atoms with Crippen LogP contribution in [-0.4, -0.2) is 24.2 Å². The average molecular weight is 245 g/mol. The molecular weight excluding hydrogens is 230 g/mol. The molecule has 0 saturated carbocycles. The van der Waals surface area contributed by atoms with E-state index in [0.717, 1.165) is 22.1 Å². The Labute approximate surface area is 105 Å². The summed E-state index contributed by atoms with van der Waals surface area (Å²) in [4.78, 5) is 10.7. The van der Waals surface area contributed by atoms with Crippen LogP contribution < -0.4 is 10.5 Å². The van der Waals surface area contributed by atoms with Gasteiger partial charge in [0, 0.05) is 0 Å². The van der Waals surface area contributed by atoms with Gasteiger partial charge in [-0.3, -0.25) is 4.79 Å². The Morgan fingerprint density at radius 3 is 2.61 bits per heavy atom. The van der Waals surface area contributed by atoms with Crippen molar-refractivity contribution in [1.29, 1.82) is 0 Å². The van der Waals surface area contributed by atoms with E-state index in [1.165, 1.54) is 0 Å². The number of fused-ring (bicyclic) bond motifs is 1. The third-order valence-corrected chi connectivity index (χ3v) is 2.88. The van der Waals surface area contributed by atoms with E-state index in [-0.39, 0.29) is 0 Å². The molecule has 94 valence electrons. The molecule has 0 radical (unpaired) electrons. The second kappa shape index (κ2) is 5.06. The Hall–Kier alpha value is -2.07. The van der Waals surface area contributed by atoms with E-state index in [1.54, 1.807) is 7.11 Å². The van der Waals surface area contributed by atoms with Gasteiger partial charge in [-0.1, -0.05) is 24.3 Å². The Kier molecular flexibility index (Phi) is 3.48. The lowest BCUT2D eigenvalue weighted by Crippen LogP contribution is -2.32. The van der Waals surface area contributed by atoms with Crippen molar-refractivity contribution in [1.82, 2.24) is 0 Å². The Morgan fingerprint density at radius 1 is 1.28 bits per heavy atom. The highest BCUT2D eigenvalue weighted by Gasteiger charge is 2.12. The number of methoxy groups -OCH3 is 1. The van der Waals surface area contributed by atoms with Crippen molar-refractivity contribution < 1.29 is 14.6 Å². The average Bonchev–Trinajstić information content (AvgIpc) is 2.37. The molecule has 18 heavy (non-hydrogen) atoms. The summed E-state index contributed by atoms with van der Waals surface area (Å²) < 4.78 is 5.15. The minimum Gasteiger partial charge on any atom is -0.497 e. The minimum absolute atomic E-state index is 0.331. The molecule has 1 unspecified atom stereocenters. The maximum atomic E-state index is 10.7. The molecule has 0 aliphatic carbocycles. The number of benzene rings is 2. The van der Waals surface area contributed by atoms with Gasteiger partial charge in [0.15, 0.2) is 0 Å². The number of nitrogens with two attached hydrogens (primary N) is 1. The summed E-state index contributed by atoms with van der Waals surface area (Å²) in [6, 6.07) is 10.7. The quantitative estimate of drug-likeness (QED) is 0.861. The Balaban J connectivity index is 2.30. The van der Waals surface area contributed by atoms with Crippen LogP contribution >= 0.6 is 0 Å². The second-order valence-corrected chi connectivity index (χ2v) is 4.20. The summed E-state index contributed by atoms with van der Waals surface area (Å²) in [6.07, 6.45) is 0.331. The SMILES string of the molecule is COc1ccc2cc(CC(N)C(=O)O)ccc2c1. The third kappa shape index (κ3) is 2.60. The predicted molar refractivity (Wildman–Crippen MR) is 69.8 cm³/mol. The van der Waals surface area contributed by atoms with Crippen LogP contribution in [0.1, 0.15) is 5.56 Å². The van der Waals surface area contributed by atoms with Crippen molar-refractivity contribution in [2.75, 3.05) is 7.11 Å². The molecule has 4 heteroatoms. The molecule has 2 aromatic carbocycles. The highest BCUT2D eigenvalue weighted by atomic mass is 16.5. The van der Waals surface area contributed by atoms with Crippen LogP contribution in [0.5, 0.6) is 5.75 Å². The molecule has 0 aromatic heterocycles. The van der Waals surface area contributed by atoms with Crippen molar-refractivity contribution >= 4 is 16.7 Å². The van der Waals surface area contributed by atoms with Gasteiger partial charge >= 0.3 is 5.97 Å². The first-order valence-corrected chi connectivity index (χ1v) is 5.65. The predicted octanol–water partition coefficient (Wildman–Crippen LogP) is 1.80. The van der Waals surface area contributed by atoms with Crippen LogP contribution in [0.3, 0.4) is 0 Å². The summed E-state index contributed by atoms with van der Waals surface area (Å²) in [5, 5.41) is 10.9. The molecule has 0 aliphatic rings. The molecular formula is C14H15NO3. The molecule has 0 amide bonds. The summed E-state index contributed by atoms with van der Waals surface area (Å²) in [5.74, 6) is -0.178. The molecule has 0 bridgehead atoms. The molecule has 2 rings (SSSR count). The highest BCUT2D eigenvalue weighted by Crippen LogP contribution is 2.22. The van der Waals surface area contributed by atoms with E-state index in [0.29, 0.717) is 6.42 Å². The standard InChI is InChI=1S/C14H15NO3/c1-18-12-5-4-10-6-9(2-3-11(10)8-12)7-13(15)14(16)17/h2-6,8,13H,7,15H2,1H3,(H,16,17). The molecule has 1 atom stereocenters. The number of carboxylic acid groups (broad SMARTS) is 1. The second-order valence-electron chi connectivity index (χ2n) is 4.20. The molecule has 2 aromatic rings. The van der Waals surface area contributed by atoms with Crippen LogP contribution in [-0.2, 0) is 11.2 Å². The monoisotopic (exact) mass is 245 g/mol. The van der Waals surface area contributed by atoms with E-state index < -0.39 is 12.0 Å². The number of ether oxygens (including phenoxy) is 1. The van der Waals surface area contributed by atoms with Gasteiger partial charge in [0.1, 0.15) is 11.8 Å². The first kappa shape index (κ1) is 12.4. The zero-order valence-corrected chi connectivity index (χ0v) is 10.1. The maximum Gasteiger partial charge on any atom is 0.320 e. The van der Waals surface area contributed by atoms with Crippen LogP contribution in [0.2, 0.25) is 0 Å². The van der Waals surface area contributed by atoms with Crippen LogP contribution in [0.4, 0.5) is 0 Å². The number of aliphatic carboxylic acids is 1. The molecule has 4 nitrogen and oxygen atoms in total. The largest absolute Gasteiger partial charge is 0.497 e. The summed E-state index contributed by atoms with van der Waals surface area (Å²) in [5.41, 5.74) is 6.44. The lowest BCUT2D eigenvalue weighted by Gasteiger charge is -2.08. The number of hydrogen-bond acceptors (Lipinski definition) is 3. The van der Waals surface area contributed by atoms with Gasteiger partial charge in [-0.15, -0.1) is 0 Å². The molecule has 0 spiro atoms. The molecule has 3 N–H and O–H groups in total. The van der Waals surface area contributed by atoms with Gasteiger partial charge in [0.2, 0.25) is 0 Å². The van der Waals surface area contributed by atoms with Gasteiger partial charge in [0.05, 0.1) is 7.11 Å². The smallest absolute Gasteiger partial charge is 0.320 e. The molecule has 0 aliphatic heterocycles. The van der Waals surface area contributed by atoms with Crippen molar-refractivity contribution in [2.45, 2.75) is 12.5 Å². The number of carboxylic acids is 1. The fourth-order valence-corrected chi connectivity index (χ4v) is 1.87. The first-order valence-electron chi connectivity index (χ1n) is 5.65. The van der Waals surface area contributed by atoms with Crippen molar-refractivity contribution in [3.63, 3.8) is 0 Å². The minimum atomic E-state index is -0.982. The molecule has 0 heterocycles. The number of carbonyl (C=O) groups is 1. The van der Waals surface area contributed by atoms with E-state index in [9.17, 15) is 4.79 Å². The maximum absolute atomic E-state index is 10.7. The van der Waals surface area contributed by atoms with E-state index >= 15 is 0 Å². The highest BCUT2D eigenvalue weighted by molar-refractivity contribution is 5.84. The van der Waals surface area contributed by atoms with Gasteiger partial charge < -0.3 is 15.6 Å². The lowest BCUT2D eigenvalue weighted by atomic mass is 10.0. The van der Waals surface area contributed by atoms with Crippen LogP contribution in [0, 0.1) is 0 Å². The molecule has 0 saturated heterocycles. The Bertz CT molecular complexity index is 580. The van der Waals surface area contributed by atoms with Gasteiger partial charge in [-0.2, -0.15) is 0 Å². The third-order valence-electron chi connectivity index (χ3n) is 2.88. The van der Waals surface area contributed by atoms with E-state index in [4.69, 9.17) is 15.6 Å². The van der Waals surface area contributed by atoms with Crippen LogP contribution in [0.15, 0.2) is 36.4 Å². The van der Waals surface area contributed by atoms with Crippen molar-refractivity contribution in [3.05, 3.63) is 42.0 Å². The summed E-state index contributed by atoms with van der Waals surface area (Å²) >= 11 is 0. The summed E-state index contributed by atoms with van der Waals surface area (Å²) in [6.45, 7) is 0. The Morgan fingerprint density at radius 2 is 1.94 bits per heavy atom. The van der Waals surface area contributed by atoms with Crippen LogP contribution in [0.25, 0.3) is 10.8 Å². The zero-order chi connectivity index (χ0) is 13.1. The van der Waals surface area contributed by atoms with Crippen molar-refractivity contribution in [3.8, 4) is 5.75 Å². The topological polar surface area (TPSA) is 72.5 Å². The molecule has 0 fully saturated rings. The van der Waals surface area contributed by atoms with Gasteiger partial charge in [-0.25, -0.2) is 0 Å². The fraction of sp³-hybridized carbons (Fsp3) is 0.214.